The highest BCUT2D eigenvalue weighted by molar-refractivity contribution is 5.92. The molecule has 1 aliphatic rings. The standard InChI is InChI=1S/C15H18N6O4/c22-13(10-8-18-11(9-17-10)14(23)24)16-5-3-7-21-15(25)20-6-2-1-4-12(20)19-21/h8-9H,1-7H2,(H,16,22)(H,23,24). The number of carbonyl (C=O) groups is 2. The second-order valence-electron chi connectivity index (χ2n) is 5.73. The van der Waals surface area contributed by atoms with Gasteiger partial charge in [-0.15, -0.1) is 0 Å². The second-order valence-corrected chi connectivity index (χ2v) is 5.73. The van der Waals surface area contributed by atoms with E-state index in [2.05, 4.69) is 20.4 Å². The van der Waals surface area contributed by atoms with E-state index in [-0.39, 0.29) is 17.1 Å². The summed E-state index contributed by atoms with van der Waals surface area (Å²) in [5.74, 6) is -0.817. The van der Waals surface area contributed by atoms with E-state index in [0.717, 1.165) is 44.0 Å². The molecule has 132 valence electrons. The summed E-state index contributed by atoms with van der Waals surface area (Å²) in [7, 11) is 0. The molecular weight excluding hydrogens is 328 g/mol. The van der Waals surface area contributed by atoms with E-state index in [9.17, 15) is 14.4 Å². The Kier molecular flexibility index (Phi) is 4.87. The number of carboxylic acid groups (broad SMARTS) is 1. The van der Waals surface area contributed by atoms with Crippen LogP contribution < -0.4 is 11.0 Å². The second kappa shape index (κ2) is 7.24. The van der Waals surface area contributed by atoms with Crippen LogP contribution in [0.1, 0.15) is 46.1 Å². The molecule has 3 heterocycles. The molecule has 10 heteroatoms. The van der Waals surface area contributed by atoms with Crippen LogP contribution in [-0.4, -0.2) is 47.8 Å². The Morgan fingerprint density at radius 1 is 1.20 bits per heavy atom. The number of hydrogen-bond acceptors (Lipinski definition) is 6. The Balaban J connectivity index is 1.50. The van der Waals surface area contributed by atoms with Crippen molar-refractivity contribution in [3.05, 3.63) is 40.1 Å². The fourth-order valence-electron chi connectivity index (χ4n) is 2.67. The molecule has 1 amide bonds. The van der Waals surface area contributed by atoms with Crippen molar-refractivity contribution in [3.63, 3.8) is 0 Å². The maximum absolute atomic E-state index is 12.2. The van der Waals surface area contributed by atoms with Gasteiger partial charge >= 0.3 is 11.7 Å². The molecule has 2 aromatic rings. The summed E-state index contributed by atoms with van der Waals surface area (Å²) in [5.41, 5.74) is -0.282. The van der Waals surface area contributed by atoms with Gasteiger partial charge in [-0.3, -0.25) is 9.36 Å². The summed E-state index contributed by atoms with van der Waals surface area (Å²) in [6.45, 7) is 1.48. The van der Waals surface area contributed by atoms with Crippen molar-refractivity contribution in [3.8, 4) is 0 Å². The van der Waals surface area contributed by atoms with Gasteiger partial charge in [0.1, 0.15) is 11.5 Å². The first-order valence-corrected chi connectivity index (χ1v) is 8.06. The van der Waals surface area contributed by atoms with Crippen molar-refractivity contribution < 1.29 is 14.7 Å². The first-order chi connectivity index (χ1) is 12.1. The number of aryl methyl sites for hydroxylation is 2. The molecule has 1 aliphatic heterocycles. The quantitative estimate of drug-likeness (QED) is 0.686. The van der Waals surface area contributed by atoms with Gasteiger partial charge in [0.2, 0.25) is 0 Å². The number of rotatable bonds is 6. The fourth-order valence-corrected chi connectivity index (χ4v) is 2.67. The summed E-state index contributed by atoms with van der Waals surface area (Å²) in [5, 5.41) is 15.7. The molecule has 0 spiro atoms. The van der Waals surface area contributed by atoms with E-state index in [1.54, 1.807) is 4.57 Å². The van der Waals surface area contributed by atoms with Crippen molar-refractivity contribution in [2.24, 2.45) is 0 Å². The number of hydrogen-bond donors (Lipinski definition) is 2. The maximum Gasteiger partial charge on any atom is 0.356 e. The van der Waals surface area contributed by atoms with Crippen molar-refractivity contribution in [1.29, 1.82) is 0 Å². The number of carbonyl (C=O) groups excluding carboxylic acids is 1. The van der Waals surface area contributed by atoms with Gasteiger partial charge in [0.05, 0.1) is 12.4 Å². The third-order valence-electron chi connectivity index (χ3n) is 3.97. The summed E-state index contributed by atoms with van der Waals surface area (Å²) in [4.78, 5) is 42.2. The number of aromatic carboxylic acids is 1. The summed E-state index contributed by atoms with van der Waals surface area (Å²) in [6.07, 6.45) is 5.57. The molecule has 2 aromatic heterocycles. The molecule has 0 bridgehead atoms. The lowest BCUT2D eigenvalue weighted by Crippen LogP contribution is -2.29. The van der Waals surface area contributed by atoms with Crippen LogP contribution in [0.25, 0.3) is 0 Å². The Bertz CT molecular complexity index is 839. The van der Waals surface area contributed by atoms with Crippen LogP contribution in [0.15, 0.2) is 17.2 Å². The first kappa shape index (κ1) is 16.8. The molecule has 0 atom stereocenters. The Labute approximate surface area is 142 Å². The third-order valence-corrected chi connectivity index (χ3v) is 3.97. The Morgan fingerprint density at radius 3 is 2.64 bits per heavy atom. The lowest BCUT2D eigenvalue weighted by molar-refractivity contribution is 0.0689. The molecule has 0 aromatic carbocycles. The van der Waals surface area contributed by atoms with Crippen LogP contribution >= 0.6 is 0 Å². The van der Waals surface area contributed by atoms with Crippen LogP contribution in [0.4, 0.5) is 0 Å². The zero-order valence-electron chi connectivity index (χ0n) is 13.5. The minimum Gasteiger partial charge on any atom is -0.476 e. The average Bonchev–Trinajstić information content (AvgIpc) is 2.95. The van der Waals surface area contributed by atoms with E-state index >= 15 is 0 Å². The van der Waals surface area contributed by atoms with Gasteiger partial charge in [0.15, 0.2) is 5.69 Å². The van der Waals surface area contributed by atoms with E-state index in [0.29, 0.717) is 19.5 Å². The molecule has 0 saturated carbocycles. The topological polar surface area (TPSA) is 132 Å². The normalized spacial score (nSPS) is 13.3. The fraction of sp³-hybridized carbons (Fsp3) is 0.467. The maximum atomic E-state index is 12.2. The van der Waals surface area contributed by atoms with E-state index in [1.165, 1.54) is 4.68 Å². The molecule has 25 heavy (non-hydrogen) atoms. The number of amides is 1. The van der Waals surface area contributed by atoms with Crippen LogP contribution in [0.3, 0.4) is 0 Å². The lowest BCUT2D eigenvalue weighted by Gasteiger charge is -2.09. The molecule has 3 rings (SSSR count). The molecule has 0 fully saturated rings. The number of nitrogens with zero attached hydrogens (tertiary/aromatic N) is 5. The molecule has 0 aliphatic carbocycles. The minimum absolute atomic E-state index is 0.0413. The summed E-state index contributed by atoms with van der Waals surface area (Å²) < 4.78 is 3.15. The van der Waals surface area contributed by atoms with Crippen LogP contribution in [0.2, 0.25) is 0 Å². The highest BCUT2D eigenvalue weighted by Crippen LogP contribution is 2.09. The smallest absolute Gasteiger partial charge is 0.356 e. The van der Waals surface area contributed by atoms with Crippen molar-refractivity contribution >= 4 is 11.9 Å². The van der Waals surface area contributed by atoms with Gasteiger partial charge < -0.3 is 10.4 Å². The predicted octanol–water partition coefficient (Wildman–Crippen LogP) is -0.311. The molecule has 10 nitrogen and oxygen atoms in total. The number of carboxylic acids is 1. The van der Waals surface area contributed by atoms with Crippen molar-refractivity contribution in [2.45, 2.75) is 38.8 Å². The highest BCUT2D eigenvalue weighted by atomic mass is 16.4. The van der Waals surface area contributed by atoms with Gasteiger partial charge in [-0.25, -0.2) is 24.2 Å². The average molecular weight is 346 g/mol. The summed E-state index contributed by atoms with van der Waals surface area (Å²) >= 11 is 0. The van der Waals surface area contributed by atoms with E-state index in [1.807, 2.05) is 0 Å². The Hall–Kier alpha value is -3.04. The zero-order chi connectivity index (χ0) is 17.8. The van der Waals surface area contributed by atoms with Crippen LogP contribution in [0, 0.1) is 0 Å². The molecule has 0 radical (unpaired) electrons. The number of fused-ring (bicyclic) bond motifs is 1. The van der Waals surface area contributed by atoms with Crippen molar-refractivity contribution in [2.75, 3.05) is 6.54 Å². The highest BCUT2D eigenvalue weighted by Gasteiger charge is 2.16. The largest absolute Gasteiger partial charge is 0.476 e. The first-order valence-electron chi connectivity index (χ1n) is 8.06. The van der Waals surface area contributed by atoms with E-state index < -0.39 is 11.9 Å². The SMILES string of the molecule is O=C(O)c1cnc(C(=O)NCCCn2nc3n(c2=O)CCCC3)cn1. The van der Waals surface area contributed by atoms with Gasteiger partial charge in [-0.05, 0) is 19.3 Å². The Morgan fingerprint density at radius 2 is 1.96 bits per heavy atom. The number of aromatic nitrogens is 5. The molecule has 0 saturated heterocycles. The molecule has 2 N–H and O–H groups in total. The monoisotopic (exact) mass is 346 g/mol. The predicted molar refractivity (Wildman–Crippen MR) is 85.4 cm³/mol. The van der Waals surface area contributed by atoms with Gasteiger partial charge in [-0.1, -0.05) is 0 Å². The molecule has 0 unspecified atom stereocenters. The number of nitrogens with one attached hydrogen (secondary N) is 1. The zero-order valence-corrected chi connectivity index (χ0v) is 13.5. The van der Waals surface area contributed by atoms with E-state index in [4.69, 9.17) is 5.11 Å². The van der Waals surface area contributed by atoms with Gasteiger partial charge in [0, 0.05) is 26.1 Å². The van der Waals surface area contributed by atoms with Crippen molar-refractivity contribution in [1.82, 2.24) is 29.6 Å². The summed E-state index contributed by atoms with van der Waals surface area (Å²) in [6, 6.07) is 0. The van der Waals surface area contributed by atoms with Gasteiger partial charge in [0.25, 0.3) is 5.91 Å². The van der Waals surface area contributed by atoms with Crippen LogP contribution in [-0.2, 0) is 19.5 Å². The minimum atomic E-state index is -1.20. The van der Waals surface area contributed by atoms with Crippen LogP contribution in [0.5, 0.6) is 0 Å². The molecular formula is C15H18N6O4. The van der Waals surface area contributed by atoms with Gasteiger partial charge in [-0.2, -0.15) is 5.10 Å². The third kappa shape index (κ3) is 3.73. The lowest BCUT2D eigenvalue weighted by atomic mass is 10.2.